The topological polar surface area (TPSA) is 136 Å². The lowest BCUT2D eigenvalue weighted by Crippen LogP contribution is -2.31. The van der Waals surface area contributed by atoms with Crippen LogP contribution in [0.1, 0.15) is 56.1 Å². The molecule has 0 bridgehead atoms. The maximum absolute atomic E-state index is 13.3. The van der Waals surface area contributed by atoms with Gasteiger partial charge in [-0.3, -0.25) is 9.59 Å². The fourth-order valence-corrected chi connectivity index (χ4v) is 4.00. The maximum Gasteiger partial charge on any atom is 0.513 e. The Morgan fingerprint density at radius 2 is 1.74 bits per heavy atom. The Labute approximate surface area is 220 Å². The number of anilines is 1. The van der Waals surface area contributed by atoms with Crippen LogP contribution in [-0.2, 0) is 25.0 Å². The number of aromatic amines is 1. The van der Waals surface area contributed by atoms with Gasteiger partial charge in [0, 0.05) is 46.9 Å². The number of nitrogens with one attached hydrogen (secondary N) is 2. The van der Waals surface area contributed by atoms with E-state index in [0.29, 0.717) is 22.2 Å². The predicted molar refractivity (Wildman–Crippen MR) is 143 cm³/mol. The molecule has 1 heterocycles. The number of hydrogen-bond acceptors (Lipinski definition) is 8. The molecular formula is C28H34N2O8. The summed E-state index contributed by atoms with van der Waals surface area (Å²) in [5.41, 5.74) is 0.531. The second-order valence-electron chi connectivity index (χ2n) is 10.5. The summed E-state index contributed by atoms with van der Waals surface area (Å²) >= 11 is 0. The Morgan fingerprint density at radius 1 is 1.05 bits per heavy atom. The standard InChI is InChI=1S/C28H34N2O8/c1-27(2,3)18-12-19(28(4,5)15-37-25(33)35-6)22(38-26(34)36-7)13-21(18)30-24(32)17-14-29-20-11-9-8-10-16(20)23(17)31/h8-14,25,33H,15H2,1-7H3,(H,29,31)(H,30,32). The van der Waals surface area contributed by atoms with Crippen LogP contribution in [0.25, 0.3) is 10.9 Å². The fourth-order valence-electron chi connectivity index (χ4n) is 4.00. The normalized spacial score (nSPS) is 12.7. The molecule has 0 saturated carbocycles. The summed E-state index contributed by atoms with van der Waals surface area (Å²) in [5, 5.41) is 12.9. The Morgan fingerprint density at radius 3 is 2.37 bits per heavy atom. The van der Waals surface area contributed by atoms with Crippen molar-refractivity contribution in [3.63, 3.8) is 0 Å². The first-order chi connectivity index (χ1) is 17.8. The van der Waals surface area contributed by atoms with E-state index in [1.54, 1.807) is 30.3 Å². The quantitative estimate of drug-likeness (QED) is 0.223. The van der Waals surface area contributed by atoms with Crippen LogP contribution < -0.4 is 15.5 Å². The first-order valence-corrected chi connectivity index (χ1v) is 12.0. The molecular weight excluding hydrogens is 492 g/mol. The number of ether oxygens (including phenoxy) is 4. The molecule has 3 N–H and O–H groups in total. The van der Waals surface area contributed by atoms with Crippen molar-refractivity contribution >= 4 is 28.7 Å². The Hall–Kier alpha value is -3.73. The van der Waals surface area contributed by atoms with Crippen LogP contribution in [-0.4, -0.2) is 49.5 Å². The Bertz CT molecular complexity index is 1390. The van der Waals surface area contributed by atoms with Crippen LogP contribution in [0.5, 0.6) is 5.75 Å². The SMILES string of the molecule is COC(=O)Oc1cc(NC(=O)c2c[nH]c3ccccc3c2=O)c(C(C)(C)C)cc1C(C)(C)COC(O)OC. The van der Waals surface area contributed by atoms with E-state index in [0.717, 1.165) is 5.56 Å². The maximum atomic E-state index is 13.3. The van der Waals surface area contributed by atoms with Gasteiger partial charge in [0.05, 0.1) is 13.7 Å². The summed E-state index contributed by atoms with van der Waals surface area (Å²) in [4.78, 5) is 41.4. The molecule has 0 aliphatic carbocycles. The zero-order valence-electron chi connectivity index (χ0n) is 22.6. The lowest BCUT2D eigenvalue weighted by molar-refractivity contribution is -0.255. The molecule has 10 heteroatoms. The van der Waals surface area contributed by atoms with Gasteiger partial charge >= 0.3 is 6.16 Å². The van der Waals surface area contributed by atoms with Crippen molar-refractivity contribution in [2.24, 2.45) is 0 Å². The molecule has 0 aliphatic heterocycles. The van der Waals surface area contributed by atoms with Crippen LogP contribution in [0.4, 0.5) is 10.5 Å². The Kier molecular flexibility index (Phi) is 8.61. The van der Waals surface area contributed by atoms with Gasteiger partial charge in [0.1, 0.15) is 11.3 Å². The number of para-hydroxylation sites is 1. The third-order valence-electron chi connectivity index (χ3n) is 6.09. The number of carbonyl (C=O) groups is 2. The third-order valence-corrected chi connectivity index (χ3v) is 6.09. The number of aliphatic hydroxyl groups is 1. The summed E-state index contributed by atoms with van der Waals surface area (Å²) in [5.74, 6) is -0.502. The highest BCUT2D eigenvalue weighted by atomic mass is 16.8. The molecule has 3 rings (SSSR count). The van der Waals surface area contributed by atoms with Gasteiger partial charge < -0.3 is 34.4 Å². The van der Waals surface area contributed by atoms with Gasteiger partial charge in [-0.1, -0.05) is 46.8 Å². The molecule has 0 radical (unpaired) electrons. The third kappa shape index (κ3) is 6.39. The largest absolute Gasteiger partial charge is 0.513 e. The van der Waals surface area contributed by atoms with Crippen LogP contribution in [0.15, 0.2) is 47.4 Å². The van der Waals surface area contributed by atoms with E-state index >= 15 is 0 Å². The monoisotopic (exact) mass is 526 g/mol. The van der Waals surface area contributed by atoms with E-state index in [1.165, 1.54) is 26.5 Å². The second-order valence-corrected chi connectivity index (χ2v) is 10.5. The molecule has 10 nitrogen and oxygen atoms in total. The van der Waals surface area contributed by atoms with Crippen molar-refractivity contribution in [3.8, 4) is 5.75 Å². The molecule has 0 spiro atoms. The van der Waals surface area contributed by atoms with Gasteiger partial charge in [0.25, 0.3) is 12.4 Å². The number of hydrogen-bond donors (Lipinski definition) is 3. The first kappa shape index (κ1) is 28.8. The molecule has 0 fully saturated rings. The lowest BCUT2D eigenvalue weighted by atomic mass is 9.78. The predicted octanol–water partition coefficient (Wildman–Crippen LogP) is 4.44. The van der Waals surface area contributed by atoms with Crippen LogP contribution in [0.3, 0.4) is 0 Å². The van der Waals surface area contributed by atoms with E-state index in [9.17, 15) is 19.5 Å². The van der Waals surface area contributed by atoms with Crippen molar-refractivity contribution in [1.29, 1.82) is 0 Å². The zero-order chi connectivity index (χ0) is 28.3. The zero-order valence-corrected chi connectivity index (χ0v) is 22.6. The fraction of sp³-hybridized carbons (Fsp3) is 0.393. The van der Waals surface area contributed by atoms with Crippen molar-refractivity contribution in [3.05, 3.63) is 69.5 Å². The van der Waals surface area contributed by atoms with Gasteiger partial charge in [-0.15, -0.1) is 0 Å². The number of benzene rings is 2. The van der Waals surface area contributed by atoms with Crippen molar-refractivity contribution in [1.82, 2.24) is 4.98 Å². The number of methoxy groups -OCH3 is 2. The summed E-state index contributed by atoms with van der Waals surface area (Å²) < 4.78 is 20.3. The minimum atomic E-state index is -1.43. The second kappa shape index (κ2) is 11.3. The highest BCUT2D eigenvalue weighted by molar-refractivity contribution is 6.06. The summed E-state index contributed by atoms with van der Waals surface area (Å²) in [7, 11) is 2.49. The molecule has 1 amide bonds. The average molecular weight is 527 g/mol. The minimum absolute atomic E-state index is 0.0152. The molecule has 0 aliphatic rings. The van der Waals surface area contributed by atoms with E-state index in [4.69, 9.17) is 18.9 Å². The van der Waals surface area contributed by atoms with Gasteiger partial charge in [0.2, 0.25) is 5.43 Å². The van der Waals surface area contributed by atoms with Crippen LogP contribution in [0.2, 0.25) is 0 Å². The van der Waals surface area contributed by atoms with Crippen LogP contribution in [0, 0.1) is 0 Å². The van der Waals surface area contributed by atoms with Crippen molar-refractivity contribution in [2.75, 3.05) is 26.1 Å². The smallest absolute Gasteiger partial charge is 0.437 e. The van der Waals surface area contributed by atoms with E-state index in [2.05, 4.69) is 10.3 Å². The van der Waals surface area contributed by atoms with E-state index in [1.807, 2.05) is 34.6 Å². The van der Waals surface area contributed by atoms with Gasteiger partial charge in [-0.25, -0.2) is 4.79 Å². The first-order valence-electron chi connectivity index (χ1n) is 12.0. The summed E-state index contributed by atoms with van der Waals surface area (Å²) in [6.07, 6.45) is 0.421. The number of aliphatic hydroxyl groups excluding tert-OH is 1. The van der Waals surface area contributed by atoms with E-state index in [-0.39, 0.29) is 17.9 Å². The number of H-pyrrole nitrogens is 1. The number of pyridine rings is 1. The molecule has 1 unspecified atom stereocenters. The van der Waals surface area contributed by atoms with Gasteiger partial charge in [-0.2, -0.15) is 0 Å². The highest BCUT2D eigenvalue weighted by Crippen LogP contribution is 2.41. The molecule has 2 aromatic carbocycles. The molecule has 38 heavy (non-hydrogen) atoms. The number of amides is 1. The molecule has 3 aromatic rings. The highest BCUT2D eigenvalue weighted by Gasteiger charge is 2.32. The van der Waals surface area contributed by atoms with Gasteiger partial charge in [0.15, 0.2) is 0 Å². The number of fused-ring (bicyclic) bond motifs is 1. The van der Waals surface area contributed by atoms with Gasteiger partial charge in [-0.05, 0) is 29.2 Å². The number of carbonyl (C=O) groups excluding carboxylic acids is 2. The molecule has 204 valence electrons. The lowest BCUT2D eigenvalue weighted by Gasteiger charge is -2.31. The Balaban J connectivity index is 2.12. The van der Waals surface area contributed by atoms with Crippen molar-refractivity contribution in [2.45, 2.75) is 51.9 Å². The number of aromatic nitrogens is 1. The summed E-state index contributed by atoms with van der Waals surface area (Å²) in [6, 6.07) is 10.2. The minimum Gasteiger partial charge on any atom is -0.437 e. The number of rotatable bonds is 8. The molecule has 1 aromatic heterocycles. The summed E-state index contributed by atoms with van der Waals surface area (Å²) in [6.45, 7) is 8.15. The van der Waals surface area contributed by atoms with Crippen LogP contribution >= 0.6 is 0 Å². The molecule has 0 saturated heterocycles. The average Bonchev–Trinajstić information content (AvgIpc) is 2.86. The van der Waals surface area contributed by atoms with Crippen molar-refractivity contribution < 1.29 is 33.6 Å². The molecule has 1 atom stereocenters. The van der Waals surface area contributed by atoms with E-state index < -0.39 is 34.8 Å².